The standard InChI is InChI=1S/C15H19NO4S/c1-10-3-4-12(5-6-15(17)18)8-14(10)21(19,20)16-9-13-7-11(13)2/h3-6,8,11,13,16H,7,9H2,1-2H3,(H,17,18)/b6-5+. The van der Waals surface area contributed by atoms with Crippen LogP contribution in [0, 0.1) is 18.8 Å². The minimum Gasteiger partial charge on any atom is -0.478 e. The van der Waals surface area contributed by atoms with Crippen molar-refractivity contribution in [2.24, 2.45) is 11.8 Å². The lowest BCUT2D eigenvalue weighted by Crippen LogP contribution is -2.26. The molecule has 2 unspecified atom stereocenters. The fourth-order valence-electron chi connectivity index (χ4n) is 2.16. The number of hydrogen-bond acceptors (Lipinski definition) is 3. The van der Waals surface area contributed by atoms with Crippen LogP contribution in [0.5, 0.6) is 0 Å². The largest absolute Gasteiger partial charge is 0.478 e. The van der Waals surface area contributed by atoms with E-state index in [1.807, 2.05) is 0 Å². The molecule has 2 N–H and O–H groups in total. The van der Waals surface area contributed by atoms with Gasteiger partial charge in [0, 0.05) is 12.6 Å². The fourth-order valence-corrected chi connectivity index (χ4v) is 3.53. The third kappa shape index (κ3) is 4.15. The molecule has 1 aliphatic carbocycles. The van der Waals surface area contributed by atoms with E-state index in [4.69, 9.17) is 5.11 Å². The van der Waals surface area contributed by atoms with Gasteiger partial charge in [-0.05, 0) is 48.4 Å². The van der Waals surface area contributed by atoms with Gasteiger partial charge in [0.15, 0.2) is 0 Å². The third-order valence-electron chi connectivity index (χ3n) is 3.73. The summed E-state index contributed by atoms with van der Waals surface area (Å²) in [5.41, 5.74) is 1.18. The minimum atomic E-state index is -3.56. The quantitative estimate of drug-likeness (QED) is 0.788. The number of carbonyl (C=O) groups is 1. The second kappa shape index (κ2) is 5.99. The Morgan fingerprint density at radius 1 is 1.48 bits per heavy atom. The van der Waals surface area contributed by atoms with Gasteiger partial charge in [-0.3, -0.25) is 0 Å². The molecule has 1 fully saturated rings. The molecule has 2 atom stereocenters. The van der Waals surface area contributed by atoms with Gasteiger partial charge in [-0.1, -0.05) is 19.1 Å². The van der Waals surface area contributed by atoms with Gasteiger partial charge in [-0.2, -0.15) is 0 Å². The Morgan fingerprint density at radius 2 is 2.14 bits per heavy atom. The molecule has 6 heteroatoms. The van der Waals surface area contributed by atoms with E-state index in [1.54, 1.807) is 19.1 Å². The first kappa shape index (κ1) is 15.7. The molecule has 0 amide bonds. The molecule has 0 spiro atoms. The van der Waals surface area contributed by atoms with Gasteiger partial charge in [-0.15, -0.1) is 0 Å². The summed E-state index contributed by atoms with van der Waals surface area (Å²) in [7, 11) is -3.56. The van der Waals surface area contributed by atoms with E-state index >= 15 is 0 Å². The molecule has 0 saturated heterocycles. The van der Waals surface area contributed by atoms with Crippen molar-refractivity contribution < 1.29 is 18.3 Å². The Hall–Kier alpha value is -1.66. The maximum absolute atomic E-state index is 12.3. The summed E-state index contributed by atoms with van der Waals surface area (Å²) >= 11 is 0. The van der Waals surface area contributed by atoms with Gasteiger partial charge in [0.25, 0.3) is 0 Å². The van der Waals surface area contributed by atoms with E-state index in [0.29, 0.717) is 29.5 Å². The number of aliphatic carboxylic acids is 1. The highest BCUT2D eigenvalue weighted by molar-refractivity contribution is 7.89. The summed E-state index contributed by atoms with van der Waals surface area (Å²) in [6, 6.07) is 4.86. The topological polar surface area (TPSA) is 83.5 Å². The molecular formula is C15H19NO4S. The Morgan fingerprint density at radius 3 is 2.71 bits per heavy atom. The number of sulfonamides is 1. The summed E-state index contributed by atoms with van der Waals surface area (Å²) < 4.78 is 27.3. The Bertz CT molecular complexity index is 679. The number of nitrogens with one attached hydrogen (secondary N) is 1. The molecule has 5 nitrogen and oxygen atoms in total. The SMILES string of the molecule is Cc1ccc(/C=C/C(=O)O)cc1S(=O)(=O)NCC1CC1C. The minimum absolute atomic E-state index is 0.198. The number of rotatable bonds is 6. The van der Waals surface area contributed by atoms with Crippen LogP contribution in [0.25, 0.3) is 6.08 Å². The first-order valence-electron chi connectivity index (χ1n) is 6.81. The van der Waals surface area contributed by atoms with Crippen LogP contribution in [0.1, 0.15) is 24.5 Å². The van der Waals surface area contributed by atoms with Crippen LogP contribution < -0.4 is 4.72 Å². The van der Waals surface area contributed by atoms with E-state index in [1.165, 1.54) is 12.1 Å². The van der Waals surface area contributed by atoms with Crippen molar-refractivity contribution in [2.75, 3.05) is 6.54 Å². The Kier molecular flexibility index (Phi) is 4.49. The van der Waals surface area contributed by atoms with Crippen LogP contribution in [0.15, 0.2) is 29.2 Å². The first-order chi connectivity index (χ1) is 9.79. The summed E-state index contributed by atoms with van der Waals surface area (Å²) in [4.78, 5) is 10.7. The van der Waals surface area contributed by atoms with Crippen molar-refractivity contribution in [3.8, 4) is 0 Å². The summed E-state index contributed by atoms with van der Waals surface area (Å²) in [5, 5.41) is 8.62. The predicted octanol–water partition coefficient (Wildman–Crippen LogP) is 2.03. The average molecular weight is 309 g/mol. The van der Waals surface area contributed by atoms with Gasteiger partial charge in [0.1, 0.15) is 0 Å². The summed E-state index contributed by atoms with van der Waals surface area (Å²) in [6.07, 6.45) is 3.42. The molecule has 0 aromatic heterocycles. The average Bonchev–Trinajstić information content (AvgIpc) is 3.11. The highest BCUT2D eigenvalue weighted by Gasteiger charge is 2.33. The molecule has 1 aromatic carbocycles. The van der Waals surface area contributed by atoms with Crippen molar-refractivity contribution in [2.45, 2.75) is 25.2 Å². The lowest BCUT2D eigenvalue weighted by atomic mass is 10.1. The van der Waals surface area contributed by atoms with Crippen molar-refractivity contribution in [3.63, 3.8) is 0 Å². The van der Waals surface area contributed by atoms with Crippen molar-refractivity contribution in [1.29, 1.82) is 0 Å². The second-order valence-electron chi connectivity index (χ2n) is 5.52. The van der Waals surface area contributed by atoms with Crippen LogP contribution in [-0.4, -0.2) is 26.0 Å². The predicted molar refractivity (Wildman–Crippen MR) is 80.3 cm³/mol. The first-order valence-corrected chi connectivity index (χ1v) is 8.29. The van der Waals surface area contributed by atoms with Gasteiger partial charge < -0.3 is 5.11 Å². The van der Waals surface area contributed by atoms with Gasteiger partial charge >= 0.3 is 5.97 Å². The molecule has 0 aliphatic heterocycles. The lowest BCUT2D eigenvalue weighted by molar-refractivity contribution is -0.131. The maximum Gasteiger partial charge on any atom is 0.328 e. The number of carboxylic acids is 1. The fraction of sp³-hybridized carbons (Fsp3) is 0.400. The zero-order valence-corrected chi connectivity index (χ0v) is 12.9. The zero-order chi connectivity index (χ0) is 15.6. The van der Waals surface area contributed by atoms with Gasteiger partial charge in [0.05, 0.1) is 4.90 Å². The van der Waals surface area contributed by atoms with E-state index in [9.17, 15) is 13.2 Å². The number of aryl methyl sites for hydroxylation is 1. The molecule has 114 valence electrons. The van der Waals surface area contributed by atoms with Crippen molar-refractivity contribution >= 4 is 22.1 Å². The Labute approximate surface area is 124 Å². The van der Waals surface area contributed by atoms with E-state index in [-0.39, 0.29) is 4.90 Å². The van der Waals surface area contributed by atoms with Crippen LogP contribution in [0.2, 0.25) is 0 Å². The molecule has 1 aromatic rings. The second-order valence-corrected chi connectivity index (χ2v) is 7.26. The summed E-state index contributed by atoms with van der Waals surface area (Å²) in [6.45, 7) is 4.28. The Balaban J connectivity index is 2.20. The van der Waals surface area contributed by atoms with Crippen LogP contribution in [-0.2, 0) is 14.8 Å². The van der Waals surface area contributed by atoms with E-state index in [2.05, 4.69) is 11.6 Å². The molecule has 1 aliphatic rings. The lowest BCUT2D eigenvalue weighted by Gasteiger charge is -2.10. The van der Waals surface area contributed by atoms with Crippen LogP contribution >= 0.6 is 0 Å². The van der Waals surface area contributed by atoms with Gasteiger partial charge in [-0.25, -0.2) is 17.9 Å². The molecule has 1 saturated carbocycles. The van der Waals surface area contributed by atoms with Gasteiger partial charge in [0.2, 0.25) is 10.0 Å². The number of benzene rings is 1. The smallest absolute Gasteiger partial charge is 0.328 e. The maximum atomic E-state index is 12.3. The molecule has 21 heavy (non-hydrogen) atoms. The molecule has 0 heterocycles. The van der Waals surface area contributed by atoms with Crippen LogP contribution in [0.4, 0.5) is 0 Å². The summed E-state index contributed by atoms with van der Waals surface area (Å²) in [5.74, 6) is -0.0605. The molecule has 2 rings (SSSR count). The number of hydrogen-bond donors (Lipinski definition) is 2. The highest BCUT2D eigenvalue weighted by Crippen LogP contribution is 2.37. The van der Waals surface area contributed by atoms with Crippen molar-refractivity contribution in [3.05, 3.63) is 35.4 Å². The normalized spacial score (nSPS) is 21.6. The third-order valence-corrected chi connectivity index (χ3v) is 5.30. The highest BCUT2D eigenvalue weighted by atomic mass is 32.2. The van der Waals surface area contributed by atoms with E-state index in [0.717, 1.165) is 12.5 Å². The molecular weight excluding hydrogens is 290 g/mol. The van der Waals surface area contributed by atoms with E-state index < -0.39 is 16.0 Å². The molecule has 0 bridgehead atoms. The van der Waals surface area contributed by atoms with Crippen LogP contribution in [0.3, 0.4) is 0 Å². The number of carboxylic acid groups (broad SMARTS) is 1. The monoisotopic (exact) mass is 309 g/mol. The van der Waals surface area contributed by atoms with Crippen molar-refractivity contribution in [1.82, 2.24) is 4.72 Å². The zero-order valence-electron chi connectivity index (χ0n) is 12.0. The molecule has 0 radical (unpaired) electrons.